The summed E-state index contributed by atoms with van der Waals surface area (Å²) < 4.78 is 2.10. The van der Waals surface area contributed by atoms with Crippen LogP contribution in [0.2, 0.25) is 0 Å². The van der Waals surface area contributed by atoms with Crippen LogP contribution in [0.25, 0.3) is 10.9 Å². The van der Waals surface area contributed by atoms with Crippen LogP contribution in [0.1, 0.15) is 43.9 Å². The van der Waals surface area contributed by atoms with E-state index in [1.165, 1.54) is 0 Å². The lowest BCUT2D eigenvalue weighted by Gasteiger charge is -2.18. The number of fused-ring (bicyclic) bond motifs is 1. The molecule has 0 amide bonds. The topological polar surface area (TPSA) is 95.7 Å². The zero-order chi connectivity index (χ0) is 18.8. The molecule has 0 spiro atoms. The molecule has 2 aromatic rings. The van der Waals surface area contributed by atoms with Crippen molar-refractivity contribution in [3.63, 3.8) is 0 Å². The maximum absolute atomic E-state index is 12.4. The fraction of sp³-hybridized carbons (Fsp3) is 0.476. The van der Waals surface area contributed by atoms with Crippen LogP contribution in [0, 0.1) is 28.6 Å². The summed E-state index contributed by atoms with van der Waals surface area (Å²) in [6.07, 6.45) is 4.34. The Labute approximate surface area is 154 Å². The number of hydrogen-bond donors (Lipinski definition) is 2. The minimum atomic E-state index is -0.487. The average Bonchev–Trinajstić information content (AvgIpc) is 3.46. The highest BCUT2D eigenvalue weighted by atomic mass is 16.1. The fourth-order valence-electron chi connectivity index (χ4n) is 3.62. The number of hydrogen-bond acceptors (Lipinski definition) is 4. The van der Waals surface area contributed by atoms with Gasteiger partial charge >= 0.3 is 0 Å². The predicted octanol–water partition coefficient (Wildman–Crippen LogP) is 3.33. The molecule has 0 bridgehead atoms. The standard InChI is InChI=1S/C21H26N4O/c1-3-14(19(23)21(26)20(24)15-6-7-15)8-9-17-11-16-5-4-13(12-22)10-18(16)25(17)2/h4-5,10-11,14-15,20,23H,3,6-9,24H2,1-2H3/t14-,20?/m0/s1. The number of nitriles is 1. The van der Waals surface area contributed by atoms with Gasteiger partial charge in [-0.25, -0.2) is 0 Å². The van der Waals surface area contributed by atoms with Gasteiger partial charge in [-0.3, -0.25) is 4.79 Å². The van der Waals surface area contributed by atoms with E-state index in [1.807, 2.05) is 32.2 Å². The van der Waals surface area contributed by atoms with Crippen molar-refractivity contribution in [1.82, 2.24) is 4.57 Å². The largest absolute Gasteiger partial charge is 0.348 e. The first-order valence-corrected chi connectivity index (χ1v) is 9.33. The summed E-state index contributed by atoms with van der Waals surface area (Å²) in [5, 5.41) is 18.5. The smallest absolute Gasteiger partial charge is 0.193 e. The van der Waals surface area contributed by atoms with Gasteiger partial charge in [0.1, 0.15) is 0 Å². The van der Waals surface area contributed by atoms with Gasteiger partial charge < -0.3 is 15.7 Å². The van der Waals surface area contributed by atoms with Gasteiger partial charge in [0.25, 0.3) is 0 Å². The summed E-state index contributed by atoms with van der Waals surface area (Å²) in [7, 11) is 2.00. The summed E-state index contributed by atoms with van der Waals surface area (Å²) in [6, 6.07) is 9.51. The van der Waals surface area contributed by atoms with Crippen molar-refractivity contribution in [2.45, 2.75) is 45.1 Å². The second-order valence-corrected chi connectivity index (χ2v) is 7.37. The maximum atomic E-state index is 12.4. The number of carbonyl (C=O) groups is 1. The minimum absolute atomic E-state index is 0.0556. The van der Waals surface area contributed by atoms with Crippen molar-refractivity contribution in [1.29, 1.82) is 10.7 Å². The van der Waals surface area contributed by atoms with E-state index in [1.54, 1.807) is 0 Å². The number of nitrogens with one attached hydrogen (secondary N) is 1. The summed E-state index contributed by atoms with van der Waals surface area (Å²) in [5.74, 6) is 0.0582. The van der Waals surface area contributed by atoms with Crippen molar-refractivity contribution >= 4 is 22.4 Å². The highest BCUT2D eigenvalue weighted by molar-refractivity contribution is 6.41. The Bertz CT molecular complexity index is 885. The van der Waals surface area contributed by atoms with Gasteiger partial charge in [0.15, 0.2) is 5.78 Å². The molecule has 1 heterocycles. The molecule has 1 aromatic heterocycles. The van der Waals surface area contributed by atoms with E-state index in [0.717, 1.165) is 48.7 Å². The molecule has 1 aliphatic rings. The second-order valence-electron chi connectivity index (χ2n) is 7.37. The molecule has 1 saturated carbocycles. The van der Waals surface area contributed by atoms with Gasteiger partial charge in [-0.2, -0.15) is 5.26 Å². The van der Waals surface area contributed by atoms with Crippen LogP contribution < -0.4 is 5.73 Å². The SMILES string of the molecule is CC[C@@H](CCc1cc2ccc(C#N)cc2n1C)C(=N)C(=O)C(N)C1CC1. The Morgan fingerprint density at radius 2 is 2.15 bits per heavy atom. The van der Waals surface area contributed by atoms with Gasteiger partial charge in [-0.1, -0.05) is 13.0 Å². The van der Waals surface area contributed by atoms with Crippen LogP contribution in [0.5, 0.6) is 0 Å². The molecule has 0 radical (unpaired) electrons. The number of rotatable bonds is 8. The number of carbonyl (C=O) groups excluding carboxylic acids is 1. The molecular weight excluding hydrogens is 324 g/mol. The van der Waals surface area contributed by atoms with Crippen LogP contribution in [0.3, 0.4) is 0 Å². The molecule has 0 saturated heterocycles. The van der Waals surface area contributed by atoms with Crippen LogP contribution in [-0.2, 0) is 18.3 Å². The Kier molecular flexibility index (Phi) is 5.24. The fourth-order valence-corrected chi connectivity index (χ4v) is 3.62. The highest BCUT2D eigenvalue weighted by Crippen LogP contribution is 2.32. The molecule has 1 aliphatic carbocycles. The zero-order valence-electron chi connectivity index (χ0n) is 15.5. The zero-order valence-corrected chi connectivity index (χ0v) is 15.5. The number of aryl methyl sites for hydroxylation is 2. The lowest BCUT2D eigenvalue weighted by Crippen LogP contribution is -2.40. The summed E-state index contributed by atoms with van der Waals surface area (Å²) in [4.78, 5) is 12.4. The predicted molar refractivity (Wildman–Crippen MR) is 103 cm³/mol. The van der Waals surface area contributed by atoms with Gasteiger partial charge in [0, 0.05) is 24.2 Å². The summed E-state index contributed by atoms with van der Waals surface area (Å²) in [5.41, 5.74) is 9.04. The van der Waals surface area contributed by atoms with E-state index in [2.05, 4.69) is 16.7 Å². The maximum Gasteiger partial charge on any atom is 0.193 e. The van der Waals surface area contributed by atoms with E-state index in [-0.39, 0.29) is 23.3 Å². The van der Waals surface area contributed by atoms with Gasteiger partial charge in [-0.15, -0.1) is 0 Å². The monoisotopic (exact) mass is 350 g/mol. The first-order valence-electron chi connectivity index (χ1n) is 9.33. The van der Waals surface area contributed by atoms with Crippen molar-refractivity contribution < 1.29 is 4.79 Å². The molecule has 5 nitrogen and oxygen atoms in total. The van der Waals surface area contributed by atoms with E-state index in [4.69, 9.17) is 16.4 Å². The molecule has 5 heteroatoms. The second kappa shape index (κ2) is 7.43. The number of nitrogens with zero attached hydrogens (tertiary/aromatic N) is 2. The van der Waals surface area contributed by atoms with Crippen molar-refractivity contribution in [2.24, 2.45) is 24.6 Å². The molecular formula is C21H26N4O. The van der Waals surface area contributed by atoms with E-state index in [9.17, 15) is 4.79 Å². The minimum Gasteiger partial charge on any atom is -0.348 e. The van der Waals surface area contributed by atoms with Crippen LogP contribution in [-0.4, -0.2) is 22.1 Å². The quantitative estimate of drug-likeness (QED) is 0.715. The van der Waals surface area contributed by atoms with E-state index >= 15 is 0 Å². The third-order valence-electron chi connectivity index (χ3n) is 5.62. The number of aromatic nitrogens is 1. The first kappa shape index (κ1) is 18.3. The third-order valence-corrected chi connectivity index (χ3v) is 5.62. The van der Waals surface area contributed by atoms with Crippen molar-refractivity contribution in [3.8, 4) is 6.07 Å². The molecule has 136 valence electrons. The molecule has 1 unspecified atom stereocenters. The molecule has 1 fully saturated rings. The lowest BCUT2D eigenvalue weighted by atomic mass is 9.88. The first-order chi connectivity index (χ1) is 12.5. The molecule has 26 heavy (non-hydrogen) atoms. The number of ketones is 1. The summed E-state index contributed by atoms with van der Waals surface area (Å²) in [6.45, 7) is 2.02. The molecule has 0 aliphatic heterocycles. The van der Waals surface area contributed by atoms with Gasteiger partial charge in [-0.05, 0) is 61.6 Å². The Balaban J connectivity index is 1.71. The number of nitrogens with two attached hydrogens (primary N) is 1. The van der Waals surface area contributed by atoms with E-state index in [0.29, 0.717) is 5.56 Å². The lowest BCUT2D eigenvalue weighted by molar-refractivity contribution is -0.114. The van der Waals surface area contributed by atoms with Gasteiger partial charge in [0.2, 0.25) is 0 Å². The van der Waals surface area contributed by atoms with Crippen LogP contribution in [0.15, 0.2) is 24.3 Å². The van der Waals surface area contributed by atoms with Crippen LogP contribution in [0.4, 0.5) is 0 Å². The van der Waals surface area contributed by atoms with Gasteiger partial charge in [0.05, 0.1) is 23.4 Å². The number of Topliss-reactive ketones (excluding diaryl/α,β-unsaturated/α-hetero) is 1. The van der Waals surface area contributed by atoms with Crippen LogP contribution >= 0.6 is 0 Å². The normalized spacial score (nSPS) is 16.2. The Morgan fingerprint density at radius 3 is 2.77 bits per heavy atom. The molecule has 2 atom stereocenters. The number of benzene rings is 1. The molecule has 1 aromatic carbocycles. The summed E-state index contributed by atoms with van der Waals surface area (Å²) >= 11 is 0. The Hall–Kier alpha value is -2.45. The van der Waals surface area contributed by atoms with Crippen molar-refractivity contribution in [2.75, 3.05) is 0 Å². The van der Waals surface area contributed by atoms with E-state index < -0.39 is 6.04 Å². The third kappa shape index (κ3) is 3.56. The highest BCUT2D eigenvalue weighted by Gasteiger charge is 2.36. The van der Waals surface area contributed by atoms with Crippen molar-refractivity contribution in [3.05, 3.63) is 35.5 Å². The average molecular weight is 350 g/mol. The molecule has 3 rings (SSSR count). The molecule has 3 N–H and O–H groups in total. The Morgan fingerprint density at radius 1 is 1.42 bits per heavy atom.